The molecule has 21 heavy (non-hydrogen) atoms. The zero-order chi connectivity index (χ0) is 15.4. The molecule has 0 fully saturated rings. The highest BCUT2D eigenvalue weighted by atomic mass is 79.9. The number of hydrogen-bond donors (Lipinski definition) is 1. The maximum atomic E-state index is 12.2. The summed E-state index contributed by atoms with van der Waals surface area (Å²) >= 11 is 15.0. The molecule has 7 heteroatoms. The largest absolute Gasteiger partial charge is 0.380 e. The lowest BCUT2D eigenvalue weighted by Gasteiger charge is -2.12. The molecule has 0 radical (unpaired) electrons. The first-order valence-corrected chi connectivity index (χ1v) is 7.46. The van der Waals surface area contributed by atoms with Crippen molar-refractivity contribution in [3.63, 3.8) is 0 Å². The van der Waals surface area contributed by atoms with Crippen LogP contribution >= 0.6 is 39.1 Å². The van der Waals surface area contributed by atoms with Crippen LogP contribution in [-0.2, 0) is 11.3 Å². The maximum Gasteiger partial charge on any atom is 0.257 e. The number of pyridine rings is 1. The number of amides is 1. The van der Waals surface area contributed by atoms with Crippen LogP contribution in [0.1, 0.15) is 15.9 Å². The number of nitrogens with zero attached hydrogens (tertiary/aromatic N) is 1. The summed E-state index contributed by atoms with van der Waals surface area (Å²) in [6.45, 7) is 0.372. The van der Waals surface area contributed by atoms with E-state index in [0.29, 0.717) is 17.9 Å². The van der Waals surface area contributed by atoms with E-state index in [9.17, 15) is 4.79 Å². The SMILES string of the molecule is COCc1c(Br)cccc1NC(=O)c1cnc(Cl)c(Cl)c1. The molecule has 0 unspecified atom stereocenters. The van der Waals surface area contributed by atoms with Gasteiger partial charge in [0.25, 0.3) is 5.91 Å². The van der Waals surface area contributed by atoms with E-state index in [-0.39, 0.29) is 16.1 Å². The Hall–Kier alpha value is -1.14. The minimum absolute atomic E-state index is 0.163. The summed E-state index contributed by atoms with van der Waals surface area (Å²) in [4.78, 5) is 16.1. The molecule has 2 rings (SSSR count). The average molecular weight is 390 g/mol. The van der Waals surface area contributed by atoms with Gasteiger partial charge in [-0.3, -0.25) is 4.79 Å². The van der Waals surface area contributed by atoms with Gasteiger partial charge in [0, 0.05) is 29.0 Å². The number of halogens is 3. The average Bonchev–Trinajstić information content (AvgIpc) is 2.45. The highest BCUT2D eigenvalue weighted by Gasteiger charge is 2.13. The Bertz CT molecular complexity index is 680. The van der Waals surface area contributed by atoms with E-state index in [4.69, 9.17) is 27.9 Å². The van der Waals surface area contributed by atoms with Crippen LogP contribution in [0.25, 0.3) is 0 Å². The lowest BCUT2D eigenvalue weighted by molar-refractivity contribution is 0.102. The molecule has 0 aliphatic heterocycles. The van der Waals surface area contributed by atoms with Gasteiger partial charge < -0.3 is 10.1 Å². The second kappa shape index (κ2) is 7.22. The van der Waals surface area contributed by atoms with Crippen molar-refractivity contribution in [2.75, 3.05) is 12.4 Å². The van der Waals surface area contributed by atoms with Gasteiger partial charge in [-0.25, -0.2) is 4.98 Å². The van der Waals surface area contributed by atoms with Crippen molar-refractivity contribution in [1.82, 2.24) is 4.98 Å². The van der Waals surface area contributed by atoms with E-state index in [1.807, 2.05) is 12.1 Å². The first-order chi connectivity index (χ1) is 10.0. The molecule has 0 saturated carbocycles. The molecule has 0 saturated heterocycles. The van der Waals surface area contributed by atoms with Crippen LogP contribution in [0, 0.1) is 0 Å². The highest BCUT2D eigenvalue weighted by molar-refractivity contribution is 9.10. The number of nitrogens with one attached hydrogen (secondary N) is 1. The summed E-state index contributed by atoms with van der Waals surface area (Å²) in [6, 6.07) is 6.97. The fourth-order valence-corrected chi connectivity index (χ4v) is 2.46. The predicted octanol–water partition coefficient (Wildman–Crippen LogP) is 4.55. The Morgan fingerprint density at radius 2 is 2.19 bits per heavy atom. The summed E-state index contributed by atoms with van der Waals surface area (Å²) in [5, 5.41) is 3.20. The fourth-order valence-electron chi connectivity index (χ4n) is 1.71. The maximum absolute atomic E-state index is 12.2. The molecule has 1 amide bonds. The first-order valence-electron chi connectivity index (χ1n) is 5.91. The third-order valence-corrected chi connectivity index (χ3v) is 4.14. The van der Waals surface area contributed by atoms with Gasteiger partial charge >= 0.3 is 0 Å². The van der Waals surface area contributed by atoms with Crippen LogP contribution in [0.2, 0.25) is 10.2 Å². The molecule has 0 aliphatic rings. The van der Waals surface area contributed by atoms with Crippen molar-refractivity contribution < 1.29 is 9.53 Å². The molecule has 1 aromatic heterocycles. The van der Waals surface area contributed by atoms with Crippen LogP contribution in [0.4, 0.5) is 5.69 Å². The van der Waals surface area contributed by atoms with Gasteiger partial charge in [-0.05, 0) is 18.2 Å². The number of benzene rings is 1. The monoisotopic (exact) mass is 388 g/mol. The second-order valence-corrected chi connectivity index (χ2v) is 5.77. The van der Waals surface area contributed by atoms with Gasteiger partial charge in [0.1, 0.15) is 5.15 Å². The molecule has 0 aliphatic carbocycles. The molecule has 0 atom stereocenters. The molecule has 110 valence electrons. The van der Waals surface area contributed by atoms with Crippen molar-refractivity contribution in [3.05, 3.63) is 56.2 Å². The smallest absolute Gasteiger partial charge is 0.257 e. The number of ether oxygens (including phenoxy) is 1. The minimum atomic E-state index is -0.323. The quantitative estimate of drug-likeness (QED) is 0.780. The van der Waals surface area contributed by atoms with Crippen LogP contribution in [0.5, 0.6) is 0 Å². The molecule has 0 spiro atoms. The van der Waals surface area contributed by atoms with E-state index in [1.54, 1.807) is 13.2 Å². The molecule has 1 aromatic carbocycles. The lowest BCUT2D eigenvalue weighted by Crippen LogP contribution is -2.14. The Morgan fingerprint density at radius 3 is 2.86 bits per heavy atom. The second-order valence-electron chi connectivity index (χ2n) is 4.15. The molecule has 4 nitrogen and oxygen atoms in total. The normalized spacial score (nSPS) is 10.5. The third-order valence-electron chi connectivity index (χ3n) is 2.71. The Morgan fingerprint density at radius 1 is 1.43 bits per heavy atom. The Labute approximate surface area is 140 Å². The number of anilines is 1. The molecule has 0 bridgehead atoms. The van der Waals surface area contributed by atoms with Crippen LogP contribution in [0.15, 0.2) is 34.9 Å². The van der Waals surface area contributed by atoms with Gasteiger partial charge in [-0.15, -0.1) is 0 Å². The van der Waals surface area contributed by atoms with E-state index >= 15 is 0 Å². The van der Waals surface area contributed by atoms with Gasteiger partial charge in [0.15, 0.2) is 0 Å². The Balaban J connectivity index is 2.27. The van der Waals surface area contributed by atoms with Gasteiger partial charge in [-0.2, -0.15) is 0 Å². The summed E-state index contributed by atoms with van der Waals surface area (Å²) in [5.74, 6) is -0.323. The molecule has 1 heterocycles. The van der Waals surface area contributed by atoms with E-state index in [2.05, 4.69) is 26.2 Å². The van der Waals surface area contributed by atoms with Crippen molar-refractivity contribution >= 4 is 50.7 Å². The number of methoxy groups -OCH3 is 1. The van der Waals surface area contributed by atoms with Crippen molar-refractivity contribution in [2.45, 2.75) is 6.61 Å². The number of hydrogen-bond acceptors (Lipinski definition) is 3. The van der Waals surface area contributed by atoms with Crippen molar-refractivity contribution in [2.24, 2.45) is 0 Å². The van der Waals surface area contributed by atoms with Gasteiger partial charge in [-0.1, -0.05) is 45.2 Å². The molecule has 1 N–H and O–H groups in total. The van der Waals surface area contributed by atoms with Crippen molar-refractivity contribution in [3.8, 4) is 0 Å². The number of rotatable bonds is 4. The minimum Gasteiger partial charge on any atom is -0.380 e. The number of aromatic nitrogens is 1. The highest BCUT2D eigenvalue weighted by Crippen LogP contribution is 2.26. The summed E-state index contributed by atoms with van der Waals surface area (Å²) in [5.41, 5.74) is 1.83. The van der Waals surface area contributed by atoms with E-state index < -0.39 is 0 Å². The van der Waals surface area contributed by atoms with E-state index in [0.717, 1.165) is 10.0 Å². The predicted molar refractivity (Wildman–Crippen MR) is 87.1 cm³/mol. The molecular formula is C14H11BrCl2N2O2. The summed E-state index contributed by atoms with van der Waals surface area (Å²) in [6.07, 6.45) is 1.37. The number of carbonyl (C=O) groups excluding carboxylic acids is 1. The van der Waals surface area contributed by atoms with Crippen LogP contribution in [-0.4, -0.2) is 18.0 Å². The summed E-state index contributed by atoms with van der Waals surface area (Å²) in [7, 11) is 1.59. The fraction of sp³-hybridized carbons (Fsp3) is 0.143. The first kappa shape index (κ1) is 16.2. The standard InChI is InChI=1S/C14H11BrCl2N2O2/c1-21-7-9-10(15)3-2-4-12(9)19-14(20)8-5-11(16)13(17)18-6-8/h2-6H,7H2,1H3,(H,19,20). The van der Waals surface area contributed by atoms with Crippen LogP contribution in [0.3, 0.4) is 0 Å². The lowest BCUT2D eigenvalue weighted by atomic mass is 10.1. The van der Waals surface area contributed by atoms with Crippen molar-refractivity contribution in [1.29, 1.82) is 0 Å². The third kappa shape index (κ3) is 3.95. The molecule has 2 aromatic rings. The van der Waals surface area contributed by atoms with Crippen LogP contribution < -0.4 is 5.32 Å². The topological polar surface area (TPSA) is 51.2 Å². The molecular weight excluding hydrogens is 379 g/mol. The summed E-state index contributed by atoms with van der Waals surface area (Å²) < 4.78 is 6.00. The zero-order valence-corrected chi connectivity index (χ0v) is 14.1. The zero-order valence-electron chi connectivity index (χ0n) is 11.0. The Kier molecular flexibility index (Phi) is 5.58. The van der Waals surface area contributed by atoms with Gasteiger partial charge in [0.05, 0.1) is 17.2 Å². The number of carbonyl (C=O) groups is 1. The van der Waals surface area contributed by atoms with E-state index in [1.165, 1.54) is 12.3 Å². The van der Waals surface area contributed by atoms with Gasteiger partial charge in [0.2, 0.25) is 0 Å².